The molecule has 0 bridgehead atoms. The highest BCUT2D eigenvalue weighted by atomic mass is 16.6. The Morgan fingerprint density at radius 1 is 0.969 bits per heavy atom. The van der Waals surface area contributed by atoms with Crippen molar-refractivity contribution in [1.29, 1.82) is 0 Å². The van der Waals surface area contributed by atoms with Gasteiger partial charge in [0.1, 0.15) is 18.2 Å². The minimum atomic E-state index is -0.753. The van der Waals surface area contributed by atoms with Gasteiger partial charge in [-0.1, -0.05) is 62.9 Å². The smallest absolute Gasteiger partial charge is 0.408 e. The number of rotatable bonds is 12. The maximum Gasteiger partial charge on any atom is 0.408 e. The van der Waals surface area contributed by atoms with Crippen molar-refractivity contribution in [3.63, 3.8) is 0 Å². The van der Waals surface area contributed by atoms with Crippen molar-refractivity contribution in [2.45, 2.75) is 85.3 Å². The fourth-order valence-corrected chi connectivity index (χ4v) is 3.19. The Hall–Kier alpha value is -2.57. The third-order valence-corrected chi connectivity index (χ3v) is 4.89. The molecule has 1 rings (SSSR count). The van der Waals surface area contributed by atoms with Gasteiger partial charge in [-0.25, -0.2) is 4.79 Å². The van der Waals surface area contributed by atoms with Crippen LogP contribution in [0.4, 0.5) is 4.79 Å². The molecule has 3 amide bonds. The van der Waals surface area contributed by atoms with Gasteiger partial charge < -0.3 is 20.3 Å². The molecule has 0 aromatic heterocycles. The summed E-state index contributed by atoms with van der Waals surface area (Å²) >= 11 is 0. The third-order valence-electron chi connectivity index (χ3n) is 4.89. The van der Waals surface area contributed by atoms with Gasteiger partial charge in [0, 0.05) is 13.1 Å². The van der Waals surface area contributed by atoms with E-state index in [9.17, 15) is 14.4 Å². The predicted octanol–water partition coefficient (Wildman–Crippen LogP) is 4.50. The number of nitrogens with one attached hydrogen (secondary N) is 2. The number of amides is 3. The summed E-state index contributed by atoms with van der Waals surface area (Å²) in [7, 11) is 0. The molecule has 0 heterocycles. The van der Waals surface area contributed by atoms with Crippen LogP contribution in [0, 0.1) is 6.92 Å². The van der Waals surface area contributed by atoms with Gasteiger partial charge in [0.25, 0.3) is 0 Å². The normalized spacial score (nSPS) is 12.1. The zero-order valence-corrected chi connectivity index (χ0v) is 20.6. The molecule has 1 aromatic carbocycles. The Morgan fingerprint density at radius 3 is 2.16 bits per heavy atom. The first-order valence-electron chi connectivity index (χ1n) is 11.7. The topological polar surface area (TPSA) is 87.7 Å². The molecule has 32 heavy (non-hydrogen) atoms. The molecule has 1 unspecified atom stereocenters. The number of nitrogens with zero attached hydrogens (tertiary/aromatic N) is 1. The van der Waals surface area contributed by atoms with E-state index < -0.39 is 17.7 Å². The second-order valence-electron chi connectivity index (χ2n) is 9.11. The van der Waals surface area contributed by atoms with Crippen LogP contribution in [-0.4, -0.2) is 48.0 Å². The Morgan fingerprint density at radius 2 is 1.59 bits per heavy atom. The first-order chi connectivity index (χ1) is 15.1. The van der Waals surface area contributed by atoms with Crippen molar-refractivity contribution >= 4 is 17.9 Å². The van der Waals surface area contributed by atoms with E-state index in [1.807, 2.05) is 38.1 Å². The molecular weight excluding hydrogens is 406 g/mol. The summed E-state index contributed by atoms with van der Waals surface area (Å²) in [4.78, 5) is 40.0. The van der Waals surface area contributed by atoms with E-state index in [1.54, 1.807) is 25.7 Å². The van der Waals surface area contributed by atoms with Crippen molar-refractivity contribution < 1.29 is 19.1 Å². The Labute approximate surface area is 193 Å². The predicted molar refractivity (Wildman–Crippen MR) is 127 cm³/mol. The summed E-state index contributed by atoms with van der Waals surface area (Å²) in [6.45, 7) is 12.2. The van der Waals surface area contributed by atoms with Crippen LogP contribution >= 0.6 is 0 Å². The van der Waals surface area contributed by atoms with E-state index in [1.165, 1.54) is 0 Å². The van der Waals surface area contributed by atoms with Crippen LogP contribution < -0.4 is 10.6 Å². The van der Waals surface area contributed by atoms with E-state index in [2.05, 4.69) is 17.6 Å². The number of ether oxygens (including phenoxy) is 1. The monoisotopic (exact) mass is 447 g/mol. The second-order valence-corrected chi connectivity index (χ2v) is 9.11. The summed E-state index contributed by atoms with van der Waals surface area (Å²) in [6.07, 6.45) is 3.97. The van der Waals surface area contributed by atoms with Gasteiger partial charge in [-0.15, -0.1) is 0 Å². The zero-order valence-electron chi connectivity index (χ0n) is 20.6. The highest BCUT2D eigenvalue weighted by molar-refractivity contribution is 5.90. The zero-order chi connectivity index (χ0) is 24.1. The van der Waals surface area contributed by atoms with Crippen LogP contribution in [0.5, 0.6) is 0 Å². The number of hydrogen-bond acceptors (Lipinski definition) is 4. The molecule has 0 fully saturated rings. The van der Waals surface area contributed by atoms with Crippen molar-refractivity contribution in [2.75, 3.05) is 19.6 Å². The molecule has 0 aliphatic heterocycles. The van der Waals surface area contributed by atoms with Gasteiger partial charge >= 0.3 is 6.09 Å². The molecule has 0 saturated carbocycles. The number of aryl methyl sites for hydroxylation is 1. The highest BCUT2D eigenvalue weighted by Gasteiger charge is 2.31. The van der Waals surface area contributed by atoms with Crippen LogP contribution in [0.2, 0.25) is 0 Å². The maximum atomic E-state index is 13.2. The molecule has 180 valence electrons. The average molecular weight is 448 g/mol. The lowest BCUT2D eigenvalue weighted by atomic mass is 10.0. The summed E-state index contributed by atoms with van der Waals surface area (Å²) < 4.78 is 5.23. The molecule has 1 atom stereocenters. The number of benzene rings is 1. The molecular formula is C25H41N3O4. The molecule has 1 aromatic rings. The molecule has 0 spiro atoms. The standard InChI is InChI=1S/C25H41N3O4/c1-7-9-11-16-26-23(30)22(20-14-12-19(3)13-15-20)28(17-10-8-2)21(29)18-27-24(31)32-25(4,5)6/h12-15,22H,7-11,16-18H2,1-6H3,(H,26,30)(H,27,31). The molecule has 0 aliphatic rings. The van der Waals surface area contributed by atoms with Gasteiger partial charge in [-0.05, 0) is 46.1 Å². The Bertz CT molecular complexity index is 726. The van der Waals surface area contributed by atoms with Crippen LogP contribution in [0.15, 0.2) is 24.3 Å². The van der Waals surface area contributed by atoms with Gasteiger partial charge in [-0.3, -0.25) is 9.59 Å². The minimum Gasteiger partial charge on any atom is -0.444 e. The van der Waals surface area contributed by atoms with E-state index in [0.717, 1.165) is 43.2 Å². The van der Waals surface area contributed by atoms with Crippen LogP contribution in [0.1, 0.15) is 83.9 Å². The SMILES string of the molecule is CCCCCNC(=O)C(c1ccc(C)cc1)N(CCCC)C(=O)CNC(=O)OC(C)(C)C. The third kappa shape index (κ3) is 10.2. The second kappa shape index (κ2) is 13.8. The van der Waals surface area contributed by atoms with Crippen LogP contribution in [0.25, 0.3) is 0 Å². The van der Waals surface area contributed by atoms with Gasteiger partial charge in [0.2, 0.25) is 11.8 Å². The largest absolute Gasteiger partial charge is 0.444 e. The Balaban J connectivity index is 3.07. The summed E-state index contributed by atoms with van der Waals surface area (Å²) in [5.74, 6) is -0.523. The fourth-order valence-electron chi connectivity index (χ4n) is 3.19. The van der Waals surface area contributed by atoms with Gasteiger partial charge in [0.05, 0.1) is 0 Å². The number of hydrogen-bond donors (Lipinski definition) is 2. The van der Waals surface area contributed by atoms with Crippen molar-refractivity contribution in [3.8, 4) is 0 Å². The summed E-state index contributed by atoms with van der Waals surface area (Å²) in [6, 6.07) is 6.90. The van der Waals surface area contributed by atoms with Crippen molar-refractivity contribution in [2.24, 2.45) is 0 Å². The van der Waals surface area contributed by atoms with Crippen molar-refractivity contribution in [3.05, 3.63) is 35.4 Å². The maximum absolute atomic E-state index is 13.2. The number of unbranched alkanes of at least 4 members (excludes halogenated alkanes) is 3. The molecule has 7 heteroatoms. The van der Waals surface area contributed by atoms with E-state index >= 15 is 0 Å². The average Bonchev–Trinajstić information content (AvgIpc) is 2.72. The van der Waals surface area contributed by atoms with Crippen LogP contribution in [-0.2, 0) is 14.3 Å². The van der Waals surface area contributed by atoms with E-state index in [-0.39, 0.29) is 18.4 Å². The molecule has 2 N–H and O–H groups in total. The molecule has 0 radical (unpaired) electrons. The van der Waals surface area contributed by atoms with Gasteiger partial charge in [-0.2, -0.15) is 0 Å². The Kier molecular flexibility index (Phi) is 11.8. The fraction of sp³-hybridized carbons (Fsp3) is 0.640. The van der Waals surface area contributed by atoms with E-state index in [4.69, 9.17) is 4.74 Å². The van der Waals surface area contributed by atoms with Gasteiger partial charge in [0.15, 0.2) is 0 Å². The molecule has 0 aliphatic carbocycles. The number of alkyl carbamates (subject to hydrolysis) is 1. The first kappa shape index (κ1) is 27.5. The van der Waals surface area contributed by atoms with E-state index in [0.29, 0.717) is 13.1 Å². The number of carbonyl (C=O) groups excluding carboxylic acids is 3. The van der Waals surface area contributed by atoms with Crippen molar-refractivity contribution in [1.82, 2.24) is 15.5 Å². The lowest BCUT2D eigenvalue weighted by molar-refractivity contribution is -0.140. The first-order valence-corrected chi connectivity index (χ1v) is 11.7. The molecule has 0 saturated heterocycles. The molecule has 7 nitrogen and oxygen atoms in total. The lowest BCUT2D eigenvalue weighted by Crippen LogP contribution is -2.48. The summed E-state index contributed by atoms with van der Waals surface area (Å²) in [5.41, 5.74) is 1.18. The number of carbonyl (C=O) groups is 3. The quantitative estimate of drug-likeness (QED) is 0.462. The van der Waals surface area contributed by atoms with Crippen LogP contribution in [0.3, 0.4) is 0 Å². The highest BCUT2D eigenvalue weighted by Crippen LogP contribution is 2.23. The summed E-state index contributed by atoms with van der Waals surface area (Å²) in [5, 5.41) is 5.52. The minimum absolute atomic E-state index is 0.202. The lowest BCUT2D eigenvalue weighted by Gasteiger charge is -2.32.